The number of aromatic nitrogens is 1. The van der Waals surface area contributed by atoms with Crippen molar-refractivity contribution in [2.75, 3.05) is 19.0 Å². The number of carbonyl (C=O) groups is 1. The fourth-order valence-electron chi connectivity index (χ4n) is 1.32. The van der Waals surface area contributed by atoms with E-state index in [4.69, 9.17) is 5.11 Å². The molecule has 1 aromatic rings. The van der Waals surface area contributed by atoms with Crippen LogP contribution in [0, 0.1) is 0 Å². The minimum Gasteiger partial charge on any atom is -0.481 e. The van der Waals surface area contributed by atoms with E-state index in [-0.39, 0.29) is 6.42 Å². The van der Waals surface area contributed by atoms with E-state index in [1.165, 1.54) is 0 Å². The van der Waals surface area contributed by atoms with Crippen molar-refractivity contribution in [1.82, 2.24) is 4.98 Å². The van der Waals surface area contributed by atoms with Gasteiger partial charge in [0, 0.05) is 25.9 Å². The minimum atomic E-state index is -1.03. The highest BCUT2D eigenvalue weighted by Gasteiger charge is 2.17. The molecule has 0 radical (unpaired) electrons. The predicted octanol–water partition coefficient (Wildman–Crippen LogP) is 0.656. The Kier molecular flexibility index (Phi) is 3.62. The van der Waals surface area contributed by atoms with E-state index < -0.39 is 12.1 Å². The normalized spacial score (nSPS) is 12.2. The van der Waals surface area contributed by atoms with Gasteiger partial charge in [-0.1, -0.05) is 6.07 Å². The lowest BCUT2D eigenvalue weighted by atomic mass is 10.1. The maximum Gasteiger partial charge on any atom is 0.306 e. The lowest BCUT2D eigenvalue weighted by Crippen LogP contribution is -2.16. The molecular formula is C10H14N2O3. The Labute approximate surface area is 88.0 Å². The van der Waals surface area contributed by atoms with Gasteiger partial charge in [-0.2, -0.15) is 0 Å². The number of carboxylic acid groups (broad SMARTS) is 1. The van der Waals surface area contributed by atoms with Crippen LogP contribution in [0.25, 0.3) is 0 Å². The van der Waals surface area contributed by atoms with Crippen molar-refractivity contribution in [2.24, 2.45) is 0 Å². The average molecular weight is 210 g/mol. The molecule has 5 heteroatoms. The number of nitrogens with zero attached hydrogens (tertiary/aromatic N) is 2. The van der Waals surface area contributed by atoms with E-state index >= 15 is 0 Å². The van der Waals surface area contributed by atoms with Gasteiger partial charge in [-0.15, -0.1) is 0 Å². The first-order valence-corrected chi connectivity index (χ1v) is 4.54. The molecule has 2 N–H and O–H groups in total. The molecule has 1 heterocycles. The van der Waals surface area contributed by atoms with Gasteiger partial charge in [0.05, 0.1) is 12.5 Å². The maximum absolute atomic E-state index is 10.5. The zero-order chi connectivity index (χ0) is 11.4. The standard InChI is InChI=1S/C10H14N2O3/c1-12(2)10-7(4-3-5-11-10)8(13)6-9(14)15/h3-5,8,13H,6H2,1-2H3,(H,14,15). The largest absolute Gasteiger partial charge is 0.481 e. The molecule has 0 aliphatic heterocycles. The number of rotatable bonds is 4. The van der Waals surface area contributed by atoms with Crippen LogP contribution in [-0.4, -0.2) is 35.3 Å². The average Bonchev–Trinajstić information content (AvgIpc) is 2.16. The van der Waals surface area contributed by atoms with Crippen molar-refractivity contribution in [3.8, 4) is 0 Å². The van der Waals surface area contributed by atoms with Crippen LogP contribution < -0.4 is 4.90 Å². The van der Waals surface area contributed by atoms with Crippen molar-refractivity contribution in [2.45, 2.75) is 12.5 Å². The van der Waals surface area contributed by atoms with Crippen molar-refractivity contribution in [3.05, 3.63) is 23.9 Å². The highest BCUT2D eigenvalue weighted by Crippen LogP contribution is 2.24. The third-order valence-corrected chi connectivity index (χ3v) is 1.97. The van der Waals surface area contributed by atoms with Crippen molar-refractivity contribution in [1.29, 1.82) is 0 Å². The van der Waals surface area contributed by atoms with Crippen LogP contribution in [-0.2, 0) is 4.79 Å². The molecule has 0 aromatic carbocycles. The molecule has 0 fully saturated rings. The zero-order valence-electron chi connectivity index (χ0n) is 8.71. The summed E-state index contributed by atoms with van der Waals surface area (Å²) in [5.74, 6) is -0.442. The fourth-order valence-corrected chi connectivity index (χ4v) is 1.32. The quantitative estimate of drug-likeness (QED) is 0.763. The summed E-state index contributed by atoms with van der Waals surface area (Å²) < 4.78 is 0. The first kappa shape index (κ1) is 11.5. The highest BCUT2D eigenvalue weighted by atomic mass is 16.4. The Morgan fingerprint density at radius 2 is 2.27 bits per heavy atom. The highest BCUT2D eigenvalue weighted by molar-refractivity contribution is 5.68. The smallest absolute Gasteiger partial charge is 0.306 e. The molecule has 15 heavy (non-hydrogen) atoms. The molecule has 82 valence electrons. The second-order valence-electron chi connectivity index (χ2n) is 3.42. The van der Waals surface area contributed by atoms with E-state index in [9.17, 15) is 9.90 Å². The van der Waals surface area contributed by atoms with Crippen LogP contribution in [0.1, 0.15) is 18.1 Å². The Hall–Kier alpha value is -1.62. The SMILES string of the molecule is CN(C)c1ncccc1C(O)CC(=O)O. The Balaban J connectivity index is 2.97. The van der Waals surface area contributed by atoms with Crippen molar-refractivity contribution in [3.63, 3.8) is 0 Å². The fraction of sp³-hybridized carbons (Fsp3) is 0.400. The van der Waals surface area contributed by atoms with Crippen LogP contribution in [0.3, 0.4) is 0 Å². The number of aliphatic hydroxyl groups is 1. The summed E-state index contributed by atoms with van der Waals surface area (Å²) in [5, 5.41) is 18.3. The van der Waals surface area contributed by atoms with E-state index in [1.807, 2.05) is 0 Å². The molecule has 0 bridgehead atoms. The van der Waals surface area contributed by atoms with E-state index in [2.05, 4.69) is 4.98 Å². The van der Waals surface area contributed by atoms with Gasteiger partial charge in [-0.05, 0) is 6.07 Å². The second-order valence-corrected chi connectivity index (χ2v) is 3.42. The molecule has 0 saturated heterocycles. The molecule has 1 unspecified atom stereocenters. The number of hydrogen-bond acceptors (Lipinski definition) is 4. The maximum atomic E-state index is 10.5. The lowest BCUT2D eigenvalue weighted by molar-refractivity contribution is -0.139. The van der Waals surface area contributed by atoms with E-state index in [0.29, 0.717) is 11.4 Å². The van der Waals surface area contributed by atoms with Crippen LogP contribution in [0.2, 0.25) is 0 Å². The first-order chi connectivity index (χ1) is 7.02. The van der Waals surface area contributed by atoms with Crippen LogP contribution in [0.4, 0.5) is 5.82 Å². The first-order valence-electron chi connectivity index (χ1n) is 4.54. The van der Waals surface area contributed by atoms with Gasteiger partial charge in [-0.3, -0.25) is 4.79 Å². The molecule has 1 aromatic heterocycles. The summed E-state index contributed by atoms with van der Waals surface area (Å²) in [4.78, 5) is 16.3. The van der Waals surface area contributed by atoms with Crippen LogP contribution in [0.5, 0.6) is 0 Å². The van der Waals surface area contributed by atoms with Gasteiger partial charge in [0.25, 0.3) is 0 Å². The molecule has 5 nitrogen and oxygen atoms in total. The monoisotopic (exact) mass is 210 g/mol. The minimum absolute atomic E-state index is 0.313. The molecular weight excluding hydrogens is 196 g/mol. The molecule has 0 saturated carbocycles. The Morgan fingerprint density at radius 1 is 1.60 bits per heavy atom. The van der Waals surface area contributed by atoms with E-state index in [1.54, 1.807) is 37.3 Å². The third kappa shape index (κ3) is 2.92. The number of hydrogen-bond donors (Lipinski definition) is 2. The van der Waals surface area contributed by atoms with Crippen molar-refractivity contribution >= 4 is 11.8 Å². The molecule has 0 aliphatic carbocycles. The molecule has 0 aliphatic rings. The number of pyridine rings is 1. The number of carboxylic acids is 1. The summed E-state index contributed by atoms with van der Waals surface area (Å²) >= 11 is 0. The molecule has 1 rings (SSSR count). The topological polar surface area (TPSA) is 73.7 Å². The molecule has 0 spiro atoms. The lowest BCUT2D eigenvalue weighted by Gasteiger charge is -2.18. The van der Waals surface area contributed by atoms with Gasteiger partial charge in [-0.25, -0.2) is 4.98 Å². The van der Waals surface area contributed by atoms with Gasteiger partial charge in [0.1, 0.15) is 5.82 Å². The molecule has 1 atom stereocenters. The van der Waals surface area contributed by atoms with E-state index in [0.717, 1.165) is 0 Å². The summed E-state index contributed by atoms with van der Waals surface area (Å²) in [6.45, 7) is 0. The summed E-state index contributed by atoms with van der Waals surface area (Å²) in [5.41, 5.74) is 0.532. The van der Waals surface area contributed by atoms with Gasteiger partial charge in [0.2, 0.25) is 0 Å². The number of aliphatic carboxylic acids is 1. The number of aliphatic hydroxyl groups excluding tert-OH is 1. The summed E-state index contributed by atoms with van der Waals surface area (Å²) in [6.07, 6.45) is 0.271. The third-order valence-electron chi connectivity index (χ3n) is 1.97. The number of anilines is 1. The van der Waals surface area contributed by atoms with Gasteiger partial charge in [0.15, 0.2) is 0 Å². The second kappa shape index (κ2) is 4.75. The van der Waals surface area contributed by atoms with Crippen LogP contribution in [0.15, 0.2) is 18.3 Å². The Bertz CT molecular complexity index is 352. The Morgan fingerprint density at radius 3 is 2.80 bits per heavy atom. The van der Waals surface area contributed by atoms with Crippen LogP contribution >= 0.6 is 0 Å². The summed E-state index contributed by atoms with van der Waals surface area (Å²) in [7, 11) is 3.58. The van der Waals surface area contributed by atoms with Crippen molar-refractivity contribution < 1.29 is 15.0 Å². The predicted molar refractivity (Wildman–Crippen MR) is 55.8 cm³/mol. The van der Waals surface area contributed by atoms with Gasteiger partial charge >= 0.3 is 5.97 Å². The zero-order valence-corrected chi connectivity index (χ0v) is 8.71. The molecule has 0 amide bonds. The van der Waals surface area contributed by atoms with Gasteiger partial charge < -0.3 is 15.1 Å². The summed E-state index contributed by atoms with van der Waals surface area (Å²) in [6, 6.07) is 3.35.